The number of hydrogen-bond donors (Lipinski definition) is 2. The molecule has 1 aliphatic rings. The van der Waals surface area contributed by atoms with Crippen molar-refractivity contribution in [2.75, 3.05) is 13.7 Å². The van der Waals surface area contributed by atoms with Crippen LogP contribution >= 0.6 is 15.9 Å². The molecule has 0 aliphatic carbocycles. The Morgan fingerprint density at radius 2 is 2.30 bits per heavy atom. The summed E-state index contributed by atoms with van der Waals surface area (Å²) >= 11 is 3.47. The summed E-state index contributed by atoms with van der Waals surface area (Å²) in [5, 5.41) is 6.33. The Labute approximate surface area is 128 Å². The minimum absolute atomic E-state index is 0.0200. The van der Waals surface area contributed by atoms with Crippen molar-refractivity contribution in [1.82, 2.24) is 10.6 Å². The van der Waals surface area contributed by atoms with Gasteiger partial charge in [-0.1, -0.05) is 12.5 Å². The van der Waals surface area contributed by atoms with Crippen molar-refractivity contribution >= 4 is 21.8 Å². The molecule has 2 N–H and O–H groups in total. The molecule has 2 rings (SSSR count). The zero-order valence-electron chi connectivity index (χ0n) is 11.9. The van der Waals surface area contributed by atoms with Crippen LogP contribution in [0.25, 0.3) is 0 Å². The van der Waals surface area contributed by atoms with Crippen molar-refractivity contribution in [3.05, 3.63) is 28.2 Å². The minimum Gasteiger partial charge on any atom is -0.496 e. The second-order valence-electron chi connectivity index (χ2n) is 5.13. The van der Waals surface area contributed by atoms with Crippen LogP contribution in [-0.4, -0.2) is 25.6 Å². The van der Waals surface area contributed by atoms with Crippen molar-refractivity contribution in [3.63, 3.8) is 0 Å². The second-order valence-corrected chi connectivity index (χ2v) is 5.98. The van der Waals surface area contributed by atoms with Crippen LogP contribution < -0.4 is 15.4 Å². The molecule has 1 amide bonds. The minimum atomic E-state index is -0.0483. The van der Waals surface area contributed by atoms with E-state index in [4.69, 9.17) is 4.74 Å². The van der Waals surface area contributed by atoms with Crippen LogP contribution in [0.15, 0.2) is 22.7 Å². The first-order valence-electron chi connectivity index (χ1n) is 6.99. The van der Waals surface area contributed by atoms with E-state index in [9.17, 15) is 4.79 Å². The first-order valence-corrected chi connectivity index (χ1v) is 7.78. The largest absolute Gasteiger partial charge is 0.496 e. The first-order chi connectivity index (χ1) is 9.61. The Bertz CT molecular complexity index is 473. The van der Waals surface area contributed by atoms with Gasteiger partial charge in [0, 0.05) is 0 Å². The predicted octanol–water partition coefficient (Wildman–Crippen LogP) is 2.78. The summed E-state index contributed by atoms with van der Waals surface area (Å²) in [6, 6.07) is 5.79. The number of methoxy groups -OCH3 is 1. The Balaban J connectivity index is 1.98. The fraction of sp³-hybridized carbons (Fsp3) is 0.533. The van der Waals surface area contributed by atoms with Crippen LogP contribution in [-0.2, 0) is 4.79 Å². The lowest BCUT2D eigenvalue weighted by atomic mass is 10.0. The molecular weight excluding hydrogens is 320 g/mol. The molecule has 1 heterocycles. The van der Waals surface area contributed by atoms with Gasteiger partial charge in [0.2, 0.25) is 5.91 Å². The monoisotopic (exact) mass is 340 g/mol. The smallest absolute Gasteiger partial charge is 0.237 e. The molecule has 1 aromatic rings. The van der Waals surface area contributed by atoms with Gasteiger partial charge in [-0.2, -0.15) is 0 Å². The summed E-state index contributed by atoms with van der Waals surface area (Å²) in [6.45, 7) is 2.93. The van der Waals surface area contributed by atoms with E-state index >= 15 is 0 Å². The topological polar surface area (TPSA) is 50.4 Å². The summed E-state index contributed by atoms with van der Waals surface area (Å²) in [5.74, 6) is 0.880. The molecule has 20 heavy (non-hydrogen) atoms. The molecule has 5 heteroatoms. The molecule has 0 saturated carbocycles. The summed E-state index contributed by atoms with van der Waals surface area (Å²) in [5.41, 5.74) is 1.06. The molecule has 0 radical (unpaired) electrons. The van der Waals surface area contributed by atoms with Crippen LogP contribution in [0.2, 0.25) is 0 Å². The molecule has 4 nitrogen and oxygen atoms in total. The molecule has 2 unspecified atom stereocenters. The number of nitrogens with one attached hydrogen (secondary N) is 2. The molecule has 1 aliphatic heterocycles. The number of halogens is 1. The number of benzene rings is 1. The van der Waals surface area contributed by atoms with Gasteiger partial charge in [-0.05, 0) is 59.9 Å². The first kappa shape index (κ1) is 15.3. The molecular formula is C15H21BrN2O2. The highest BCUT2D eigenvalue weighted by atomic mass is 79.9. The number of amides is 1. The SMILES string of the molecule is COc1ccc(C(C)NC(=O)C2CCCCN2)cc1Br. The van der Waals surface area contributed by atoms with Gasteiger partial charge in [-0.15, -0.1) is 0 Å². The molecule has 1 saturated heterocycles. The van der Waals surface area contributed by atoms with Crippen LogP contribution in [0.5, 0.6) is 5.75 Å². The normalized spacial score (nSPS) is 20.2. The molecule has 0 bridgehead atoms. The molecule has 0 aromatic heterocycles. The summed E-state index contributed by atoms with van der Waals surface area (Å²) < 4.78 is 6.11. The Kier molecular flexibility index (Phi) is 5.43. The lowest BCUT2D eigenvalue weighted by Gasteiger charge is -2.25. The van der Waals surface area contributed by atoms with Crippen molar-refractivity contribution in [2.45, 2.75) is 38.3 Å². The van der Waals surface area contributed by atoms with Crippen LogP contribution in [0.3, 0.4) is 0 Å². The zero-order valence-corrected chi connectivity index (χ0v) is 13.5. The van der Waals surface area contributed by atoms with E-state index in [1.54, 1.807) is 7.11 Å². The van der Waals surface area contributed by atoms with Crippen LogP contribution in [0.4, 0.5) is 0 Å². The van der Waals surface area contributed by atoms with Gasteiger partial charge >= 0.3 is 0 Å². The van der Waals surface area contributed by atoms with Gasteiger partial charge in [-0.3, -0.25) is 4.79 Å². The van der Waals surface area contributed by atoms with E-state index in [2.05, 4.69) is 26.6 Å². The summed E-state index contributed by atoms with van der Waals surface area (Å²) in [4.78, 5) is 12.2. The molecule has 1 aromatic carbocycles. The maximum atomic E-state index is 12.2. The molecule has 1 fully saturated rings. The van der Waals surface area contributed by atoms with E-state index in [0.29, 0.717) is 0 Å². The fourth-order valence-corrected chi connectivity index (χ4v) is 2.98. The fourth-order valence-electron chi connectivity index (χ4n) is 2.42. The molecule has 2 atom stereocenters. The highest BCUT2D eigenvalue weighted by Crippen LogP contribution is 2.28. The van der Waals surface area contributed by atoms with Gasteiger partial charge in [0.1, 0.15) is 5.75 Å². The van der Waals surface area contributed by atoms with Gasteiger partial charge < -0.3 is 15.4 Å². The van der Waals surface area contributed by atoms with E-state index in [1.165, 1.54) is 0 Å². The third-order valence-corrected chi connectivity index (χ3v) is 4.28. The number of rotatable bonds is 4. The molecule has 0 spiro atoms. The summed E-state index contributed by atoms with van der Waals surface area (Å²) in [7, 11) is 1.64. The highest BCUT2D eigenvalue weighted by Gasteiger charge is 2.22. The Morgan fingerprint density at radius 3 is 2.90 bits per heavy atom. The third kappa shape index (κ3) is 3.73. The maximum Gasteiger partial charge on any atom is 0.237 e. The number of carbonyl (C=O) groups excluding carboxylic acids is 1. The highest BCUT2D eigenvalue weighted by molar-refractivity contribution is 9.10. The molecule has 110 valence electrons. The second kappa shape index (κ2) is 7.09. The van der Waals surface area contributed by atoms with Gasteiger partial charge in [0.05, 0.1) is 23.7 Å². The van der Waals surface area contributed by atoms with Gasteiger partial charge in [0.25, 0.3) is 0 Å². The van der Waals surface area contributed by atoms with Crippen molar-refractivity contribution in [3.8, 4) is 5.75 Å². The number of ether oxygens (including phenoxy) is 1. The van der Waals surface area contributed by atoms with Crippen molar-refractivity contribution in [1.29, 1.82) is 0 Å². The van der Waals surface area contributed by atoms with E-state index in [0.717, 1.165) is 41.6 Å². The number of carbonyl (C=O) groups is 1. The van der Waals surface area contributed by atoms with Crippen LogP contribution in [0.1, 0.15) is 37.8 Å². The van der Waals surface area contributed by atoms with E-state index < -0.39 is 0 Å². The zero-order chi connectivity index (χ0) is 14.5. The van der Waals surface area contributed by atoms with Crippen LogP contribution in [0, 0.1) is 0 Å². The summed E-state index contributed by atoms with van der Waals surface area (Å²) in [6.07, 6.45) is 3.20. The Hall–Kier alpha value is -1.07. The Morgan fingerprint density at radius 1 is 1.50 bits per heavy atom. The van der Waals surface area contributed by atoms with E-state index in [-0.39, 0.29) is 18.0 Å². The average molecular weight is 341 g/mol. The lowest BCUT2D eigenvalue weighted by molar-refractivity contribution is -0.124. The number of hydrogen-bond acceptors (Lipinski definition) is 3. The average Bonchev–Trinajstić information content (AvgIpc) is 2.48. The lowest BCUT2D eigenvalue weighted by Crippen LogP contribution is -2.47. The third-order valence-electron chi connectivity index (χ3n) is 3.66. The van der Waals surface area contributed by atoms with Gasteiger partial charge in [0.15, 0.2) is 0 Å². The standard InChI is InChI=1S/C15H21BrN2O2/c1-10(11-6-7-14(20-2)12(16)9-11)18-15(19)13-5-3-4-8-17-13/h6-7,9-10,13,17H,3-5,8H2,1-2H3,(H,18,19). The maximum absolute atomic E-state index is 12.2. The quantitative estimate of drug-likeness (QED) is 0.885. The predicted molar refractivity (Wildman–Crippen MR) is 82.9 cm³/mol. The van der Waals surface area contributed by atoms with Crippen molar-refractivity contribution in [2.24, 2.45) is 0 Å². The van der Waals surface area contributed by atoms with Crippen molar-refractivity contribution < 1.29 is 9.53 Å². The van der Waals surface area contributed by atoms with E-state index in [1.807, 2.05) is 25.1 Å². The number of piperidine rings is 1. The van der Waals surface area contributed by atoms with Gasteiger partial charge in [-0.25, -0.2) is 0 Å².